The molecule has 1 heterocycles. The molecule has 98 valence electrons. The molecule has 1 aliphatic heterocycles. The first-order valence-corrected chi connectivity index (χ1v) is 6.96. The second-order valence-electron chi connectivity index (χ2n) is 4.68. The van der Waals surface area contributed by atoms with Crippen molar-refractivity contribution in [3.05, 3.63) is 30.3 Å². The first-order valence-electron chi connectivity index (χ1n) is 6.55. The minimum absolute atomic E-state index is 0.262. The van der Waals surface area contributed by atoms with Gasteiger partial charge in [0.25, 0.3) is 0 Å². The van der Waals surface area contributed by atoms with Gasteiger partial charge in [0.05, 0.1) is 11.0 Å². The summed E-state index contributed by atoms with van der Waals surface area (Å²) >= 11 is 5.14. The molecule has 1 aromatic rings. The Morgan fingerprint density at radius 1 is 1.22 bits per heavy atom. The number of piperazine rings is 1. The average molecular weight is 263 g/mol. The van der Waals surface area contributed by atoms with E-state index in [9.17, 15) is 0 Å². The van der Waals surface area contributed by atoms with Gasteiger partial charge in [-0.3, -0.25) is 4.90 Å². The molecule has 1 fully saturated rings. The van der Waals surface area contributed by atoms with Crippen molar-refractivity contribution in [1.82, 2.24) is 4.90 Å². The van der Waals surface area contributed by atoms with Gasteiger partial charge in [-0.25, -0.2) is 0 Å². The molecule has 0 spiro atoms. The number of para-hydroxylation sites is 1. The lowest BCUT2D eigenvalue weighted by atomic mass is 10.1. The Labute approximate surface area is 115 Å². The number of hydrogen-bond acceptors (Lipinski definition) is 3. The highest BCUT2D eigenvalue weighted by molar-refractivity contribution is 7.80. The van der Waals surface area contributed by atoms with Crippen LogP contribution in [0.2, 0.25) is 0 Å². The monoisotopic (exact) mass is 263 g/mol. The fraction of sp³-hybridized carbons (Fsp3) is 0.500. The van der Waals surface area contributed by atoms with Crippen molar-refractivity contribution in [2.75, 3.05) is 31.1 Å². The molecule has 3 nitrogen and oxygen atoms in total. The summed E-state index contributed by atoms with van der Waals surface area (Å²) in [6.07, 6.45) is 1.00. The van der Waals surface area contributed by atoms with Crippen LogP contribution in [0.15, 0.2) is 30.3 Å². The Bertz CT molecular complexity index is 385. The smallest absolute Gasteiger partial charge is 0.0901 e. The van der Waals surface area contributed by atoms with Gasteiger partial charge in [-0.05, 0) is 18.6 Å². The third-order valence-corrected chi connectivity index (χ3v) is 3.86. The zero-order valence-corrected chi connectivity index (χ0v) is 11.7. The van der Waals surface area contributed by atoms with Gasteiger partial charge in [-0.2, -0.15) is 0 Å². The van der Waals surface area contributed by atoms with Gasteiger partial charge in [0.15, 0.2) is 0 Å². The number of nitrogens with zero attached hydrogens (tertiary/aromatic N) is 2. The predicted octanol–water partition coefficient (Wildman–Crippen LogP) is 1.87. The van der Waals surface area contributed by atoms with Gasteiger partial charge in [-0.15, -0.1) is 0 Å². The lowest BCUT2D eigenvalue weighted by molar-refractivity contribution is 0.224. The van der Waals surface area contributed by atoms with E-state index in [2.05, 4.69) is 47.1 Å². The standard InChI is InChI=1S/C14H21N3S/c1-2-13(14(15)18)17-10-8-16(9-11-17)12-6-4-3-5-7-12/h3-7,13H,2,8-11H2,1H3,(H2,15,18). The number of rotatable bonds is 4. The molecule has 1 unspecified atom stereocenters. The molecule has 0 aliphatic carbocycles. The van der Waals surface area contributed by atoms with E-state index in [0.29, 0.717) is 4.99 Å². The third kappa shape index (κ3) is 3.00. The summed E-state index contributed by atoms with van der Waals surface area (Å²) in [7, 11) is 0. The number of thiocarbonyl (C=S) groups is 1. The summed E-state index contributed by atoms with van der Waals surface area (Å²) in [4.78, 5) is 5.45. The van der Waals surface area contributed by atoms with Crippen LogP contribution in [0.1, 0.15) is 13.3 Å². The Kier molecular flexibility index (Phi) is 4.55. The van der Waals surface area contributed by atoms with Gasteiger partial charge >= 0.3 is 0 Å². The van der Waals surface area contributed by atoms with E-state index in [4.69, 9.17) is 18.0 Å². The van der Waals surface area contributed by atoms with Crippen molar-refractivity contribution in [3.8, 4) is 0 Å². The number of hydrogen-bond donors (Lipinski definition) is 1. The molecule has 0 radical (unpaired) electrons. The molecule has 0 amide bonds. The van der Waals surface area contributed by atoms with Gasteiger partial charge in [0, 0.05) is 31.9 Å². The van der Waals surface area contributed by atoms with Crippen LogP contribution in [-0.4, -0.2) is 42.1 Å². The second kappa shape index (κ2) is 6.16. The Morgan fingerprint density at radius 2 is 1.83 bits per heavy atom. The maximum Gasteiger partial charge on any atom is 0.0901 e. The average Bonchev–Trinajstić information content (AvgIpc) is 2.41. The van der Waals surface area contributed by atoms with Crippen LogP contribution in [0.3, 0.4) is 0 Å². The van der Waals surface area contributed by atoms with Crippen molar-refractivity contribution in [2.45, 2.75) is 19.4 Å². The quantitative estimate of drug-likeness (QED) is 0.841. The van der Waals surface area contributed by atoms with Crippen LogP contribution in [0.25, 0.3) is 0 Å². The highest BCUT2D eigenvalue weighted by atomic mass is 32.1. The minimum Gasteiger partial charge on any atom is -0.392 e. The van der Waals surface area contributed by atoms with Gasteiger partial charge in [0.1, 0.15) is 0 Å². The van der Waals surface area contributed by atoms with Crippen LogP contribution in [0.5, 0.6) is 0 Å². The fourth-order valence-electron chi connectivity index (χ4n) is 2.57. The largest absolute Gasteiger partial charge is 0.392 e. The maximum atomic E-state index is 5.80. The highest BCUT2D eigenvalue weighted by Crippen LogP contribution is 2.17. The second-order valence-corrected chi connectivity index (χ2v) is 5.16. The summed E-state index contributed by atoms with van der Waals surface area (Å²) in [6.45, 7) is 6.30. The zero-order chi connectivity index (χ0) is 13.0. The van der Waals surface area contributed by atoms with Gasteiger partial charge in [0.2, 0.25) is 0 Å². The van der Waals surface area contributed by atoms with E-state index in [1.165, 1.54) is 5.69 Å². The molecule has 18 heavy (non-hydrogen) atoms. The van der Waals surface area contributed by atoms with E-state index in [1.807, 2.05) is 0 Å². The molecule has 1 saturated heterocycles. The molecular weight excluding hydrogens is 242 g/mol. The Morgan fingerprint density at radius 3 is 2.33 bits per heavy atom. The van der Waals surface area contributed by atoms with Crippen LogP contribution in [-0.2, 0) is 0 Å². The molecule has 1 aliphatic rings. The molecule has 1 atom stereocenters. The fourth-order valence-corrected chi connectivity index (χ4v) is 2.89. The molecule has 4 heteroatoms. The Hall–Kier alpha value is -1.13. The molecular formula is C14H21N3S. The third-order valence-electron chi connectivity index (χ3n) is 3.59. The highest BCUT2D eigenvalue weighted by Gasteiger charge is 2.24. The molecule has 1 aromatic carbocycles. The molecule has 0 bridgehead atoms. The summed E-state index contributed by atoms with van der Waals surface area (Å²) in [5.41, 5.74) is 7.11. The van der Waals surface area contributed by atoms with E-state index in [-0.39, 0.29) is 6.04 Å². The van der Waals surface area contributed by atoms with Crippen molar-refractivity contribution >= 4 is 22.9 Å². The van der Waals surface area contributed by atoms with Crippen molar-refractivity contribution in [1.29, 1.82) is 0 Å². The molecule has 2 rings (SSSR count). The predicted molar refractivity (Wildman–Crippen MR) is 81.1 cm³/mol. The number of nitrogens with two attached hydrogens (primary N) is 1. The lowest BCUT2D eigenvalue weighted by Crippen LogP contribution is -2.53. The topological polar surface area (TPSA) is 32.5 Å². The van der Waals surface area contributed by atoms with E-state index in [0.717, 1.165) is 32.6 Å². The lowest BCUT2D eigenvalue weighted by Gasteiger charge is -2.39. The van der Waals surface area contributed by atoms with E-state index >= 15 is 0 Å². The first-order chi connectivity index (χ1) is 8.72. The molecule has 0 aromatic heterocycles. The van der Waals surface area contributed by atoms with Crippen molar-refractivity contribution in [2.24, 2.45) is 5.73 Å². The van der Waals surface area contributed by atoms with Crippen LogP contribution < -0.4 is 10.6 Å². The van der Waals surface area contributed by atoms with Crippen molar-refractivity contribution in [3.63, 3.8) is 0 Å². The molecule has 0 saturated carbocycles. The van der Waals surface area contributed by atoms with Gasteiger partial charge in [-0.1, -0.05) is 37.3 Å². The van der Waals surface area contributed by atoms with Crippen LogP contribution in [0.4, 0.5) is 5.69 Å². The summed E-state index contributed by atoms with van der Waals surface area (Å²) in [5.74, 6) is 0. The minimum atomic E-state index is 0.262. The summed E-state index contributed by atoms with van der Waals surface area (Å²) in [6, 6.07) is 10.8. The van der Waals surface area contributed by atoms with E-state index < -0.39 is 0 Å². The maximum absolute atomic E-state index is 5.80. The molecule has 2 N–H and O–H groups in total. The Balaban J connectivity index is 1.94. The zero-order valence-electron chi connectivity index (χ0n) is 10.9. The normalized spacial score (nSPS) is 18.6. The summed E-state index contributed by atoms with van der Waals surface area (Å²) in [5, 5.41) is 0. The van der Waals surface area contributed by atoms with Gasteiger partial charge < -0.3 is 10.6 Å². The van der Waals surface area contributed by atoms with Crippen LogP contribution >= 0.6 is 12.2 Å². The SMILES string of the molecule is CCC(C(N)=S)N1CCN(c2ccccc2)CC1. The number of anilines is 1. The van der Waals surface area contributed by atoms with Crippen molar-refractivity contribution < 1.29 is 0 Å². The van der Waals surface area contributed by atoms with E-state index in [1.54, 1.807) is 0 Å². The summed E-state index contributed by atoms with van der Waals surface area (Å²) < 4.78 is 0. The number of benzene rings is 1. The van der Waals surface area contributed by atoms with Crippen LogP contribution in [0, 0.1) is 0 Å². The first kappa shape index (κ1) is 13.3.